The second kappa shape index (κ2) is 14.5. The molecule has 1 aromatic rings. The number of nitrogens with zero attached hydrogens (tertiary/aromatic N) is 4. The fraction of sp³-hybridized carbons (Fsp3) is 0.517. The minimum atomic E-state index is -0.814. The molecule has 0 radical (unpaired) electrons. The Balaban J connectivity index is 1.54. The average molecular weight is 567 g/mol. The summed E-state index contributed by atoms with van der Waals surface area (Å²) < 4.78 is 10.7. The lowest BCUT2D eigenvalue weighted by Gasteiger charge is -2.55. The number of carbonyl (C=O) groups is 4. The van der Waals surface area contributed by atoms with E-state index in [1.54, 1.807) is 9.91 Å². The van der Waals surface area contributed by atoms with Crippen LogP contribution >= 0.6 is 0 Å². The molecule has 3 fully saturated rings. The standard InChI is InChI=1S/C29H38N6O6/c1-3-15-33-21-26(36)34-24(13-8-14-30-29(39)41-16-4-2)27(37)32(19-23-12-9-17-40-23)20-25(34)35(33)28(38)31-18-22-10-6-5-7-11-22/h1,4-7,10-11,23-25H,2,8-9,12-21H2,(H,30,39)(H,31,38)/t23?,24-,25-/m0/s1. The van der Waals surface area contributed by atoms with Gasteiger partial charge < -0.3 is 29.9 Å². The van der Waals surface area contributed by atoms with Crippen LogP contribution in [0.5, 0.6) is 0 Å². The van der Waals surface area contributed by atoms with E-state index in [-0.39, 0.29) is 57.2 Å². The summed E-state index contributed by atoms with van der Waals surface area (Å²) in [5.74, 6) is 2.06. The number of alkyl carbamates (subject to hydrolysis) is 1. The molecular weight excluding hydrogens is 528 g/mol. The summed E-state index contributed by atoms with van der Waals surface area (Å²) in [6.07, 6.45) is 8.10. The number of urea groups is 1. The van der Waals surface area contributed by atoms with Crippen molar-refractivity contribution in [2.24, 2.45) is 0 Å². The largest absolute Gasteiger partial charge is 0.445 e. The maximum Gasteiger partial charge on any atom is 0.407 e. The highest BCUT2D eigenvalue weighted by Gasteiger charge is 2.51. The van der Waals surface area contributed by atoms with Gasteiger partial charge in [0.2, 0.25) is 11.8 Å². The number of hydrazine groups is 1. The van der Waals surface area contributed by atoms with Crippen molar-refractivity contribution in [1.29, 1.82) is 0 Å². The highest BCUT2D eigenvalue weighted by molar-refractivity contribution is 5.91. The molecular formula is C29H38N6O6. The molecule has 3 atom stereocenters. The SMILES string of the molecule is C#CCN1CC(=O)N2[C@@H](CCCNC(=O)OCC=C)C(=O)N(CC3CCCO3)C[C@@H]2N1C(=O)NCc1ccccc1. The zero-order chi connectivity index (χ0) is 29.2. The van der Waals surface area contributed by atoms with Crippen molar-refractivity contribution in [3.05, 3.63) is 48.6 Å². The number of ether oxygens (including phenoxy) is 2. The monoisotopic (exact) mass is 566 g/mol. The Kier molecular flexibility index (Phi) is 10.6. The number of amides is 5. The van der Waals surface area contributed by atoms with Crippen molar-refractivity contribution in [1.82, 2.24) is 30.5 Å². The van der Waals surface area contributed by atoms with E-state index in [1.165, 1.54) is 16.0 Å². The molecule has 5 amide bonds. The van der Waals surface area contributed by atoms with Gasteiger partial charge in [0, 0.05) is 26.2 Å². The quantitative estimate of drug-likeness (QED) is 0.235. The van der Waals surface area contributed by atoms with Crippen LogP contribution in [0.2, 0.25) is 0 Å². The first-order valence-electron chi connectivity index (χ1n) is 13.9. The van der Waals surface area contributed by atoms with Crippen LogP contribution in [0.25, 0.3) is 0 Å². The molecule has 1 unspecified atom stereocenters. The number of hydrogen-bond acceptors (Lipinski definition) is 7. The fourth-order valence-corrected chi connectivity index (χ4v) is 5.44. The number of nitrogens with one attached hydrogen (secondary N) is 2. The van der Waals surface area contributed by atoms with Crippen LogP contribution in [-0.4, -0.2) is 108 Å². The molecule has 0 spiro atoms. The predicted octanol–water partition coefficient (Wildman–Crippen LogP) is 1.30. The highest BCUT2D eigenvalue weighted by atomic mass is 16.5. The van der Waals surface area contributed by atoms with Gasteiger partial charge in [-0.1, -0.05) is 48.9 Å². The van der Waals surface area contributed by atoms with Crippen molar-refractivity contribution >= 4 is 23.9 Å². The molecule has 41 heavy (non-hydrogen) atoms. The number of hydrogen-bond donors (Lipinski definition) is 2. The van der Waals surface area contributed by atoms with E-state index in [0.29, 0.717) is 26.0 Å². The molecule has 3 heterocycles. The summed E-state index contributed by atoms with van der Waals surface area (Å²) in [6.45, 7) is 5.20. The van der Waals surface area contributed by atoms with Crippen LogP contribution in [0.4, 0.5) is 9.59 Å². The first-order chi connectivity index (χ1) is 19.9. The molecule has 4 rings (SSSR count). The van der Waals surface area contributed by atoms with Gasteiger partial charge in [0.05, 0.1) is 25.7 Å². The number of benzene rings is 1. The summed E-state index contributed by atoms with van der Waals surface area (Å²) in [5, 5.41) is 8.63. The molecule has 3 aliphatic heterocycles. The molecule has 220 valence electrons. The first kappa shape index (κ1) is 29.9. The summed E-state index contributed by atoms with van der Waals surface area (Å²) in [7, 11) is 0. The Bertz CT molecular complexity index is 1130. The van der Waals surface area contributed by atoms with Crippen molar-refractivity contribution in [2.45, 2.75) is 50.5 Å². The normalized spacial score (nSPS) is 22.6. The Morgan fingerprint density at radius 2 is 2.02 bits per heavy atom. The van der Waals surface area contributed by atoms with Gasteiger partial charge in [0.25, 0.3) is 0 Å². The lowest BCUT2D eigenvalue weighted by atomic mass is 10.0. The van der Waals surface area contributed by atoms with Gasteiger partial charge >= 0.3 is 12.1 Å². The molecule has 3 aliphatic rings. The van der Waals surface area contributed by atoms with Crippen LogP contribution < -0.4 is 10.6 Å². The zero-order valence-electron chi connectivity index (χ0n) is 23.2. The molecule has 1 aromatic carbocycles. The first-order valence-corrected chi connectivity index (χ1v) is 13.9. The van der Waals surface area contributed by atoms with E-state index in [4.69, 9.17) is 15.9 Å². The lowest BCUT2D eigenvalue weighted by Crippen LogP contribution is -2.76. The number of fused-ring (bicyclic) bond motifs is 1. The van der Waals surface area contributed by atoms with Gasteiger partial charge in [0.15, 0.2) is 0 Å². The van der Waals surface area contributed by atoms with Gasteiger partial charge in [-0.25, -0.2) is 14.6 Å². The van der Waals surface area contributed by atoms with Crippen molar-refractivity contribution in [3.63, 3.8) is 0 Å². The predicted molar refractivity (Wildman–Crippen MR) is 150 cm³/mol. The van der Waals surface area contributed by atoms with Crippen molar-refractivity contribution in [2.75, 3.05) is 45.9 Å². The second-order valence-corrected chi connectivity index (χ2v) is 10.1. The Labute approximate surface area is 240 Å². The molecule has 0 aromatic heterocycles. The van der Waals surface area contributed by atoms with Crippen molar-refractivity contribution in [3.8, 4) is 12.3 Å². The van der Waals surface area contributed by atoms with E-state index in [2.05, 4.69) is 23.1 Å². The number of rotatable bonds is 11. The number of terminal acetylenes is 1. The van der Waals surface area contributed by atoms with E-state index in [1.807, 2.05) is 30.3 Å². The summed E-state index contributed by atoms with van der Waals surface area (Å²) >= 11 is 0. The highest BCUT2D eigenvalue weighted by Crippen LogP contribution is 2.29. The Morgan fingerprint density at radius 1 is 1.22 bits per heavy atom. The molecule has 12 heteroatoms. The van der Waals surface area contributed by atoms with Gasteiger partial charge in [-0.15, -0.1) is 6.42 Å². The van der Waals surface area contributed by atoms with Crippen LogP contribution in [0.15, 0.2) is 43.0 Å². The topological polar surface area (TPSA) is 124 Å². The Morgan fingerprint density at radius 3 is 2.73 bits per heavy atom. The molecule has 0 aliphatic carbocycles. The van der Waals surface area contributed by atoms with Crippen LogP contribution in [0, 0.1) is 12.3 Å². The van der Waals surface area contributed by atoms with Gasteiger partial charge in [0.1, 0.15) is 18.8 Å². The maximum atomic E-state index is 13.8. The van der Waals surface area contributed by atoms with E-state index in [0.717, 1.165) is 18.4 Å². The van der Waals surface area contributed by atoms with E-state index >= 15 is 0 Å². The second-order valence-electron chi connectivity index (χ2n) is 10.1. The number of piperazine rings is 1. The van der Waals surface area contributed by atoms with Crippen LogP contribution in [0.1, 0.15) is 31.2 Å². The summed E-state index contributed by atoms with van der Waals surface area (Å²) in [4.78, 5) is 55.9. The third-order valence-electron chi connectivity index (χ3n) is 7.30. The minimum Gasteiger partial charge on any atom is -0.445 e. The van der Waals surface area contributed by atoms with Gasteiger partial charge in [-0.05, 0) is 31.2 Å². The smallest absolute Gasteiger partial charge is 0.407 e. The molecule has 0 bridgehead atoms. The van der Waals surface area contributed by atoms with E-state index in [9.17, 15) is 19.2 Å². The van der Waals surface area contributed by atoms with Crippen LogP contribution in [0.3, 0.4) is 0 Å². The van der Waals surface area contributed by atoms with Gasteiger partial charge in [-0.2, -0.15) is 5.01 Å². The fourth-order valence-electron chi connectivity index (χ4n) is 5.44. The van der Waals surface area contributed by atoms with E-state index < -0.39 is 24.3 Å². The summed E-state index contributed by atoms with van der Waals surface area (Å²) in [5.41, 5.74) is 0.921. The van der Waals surface area contributed by atoms with Gasteiger partial charge in [-0.3, -0.25) is 9.59 Å². The number of carbonyl (C=O) groups excluding carboxylic acids is 4. The van der Waals surface area contributed by atoms with Crippen molar-refractivity contribution < 1.29 is 28.7 Å². The molecule has 3 saturated heterocycles. The third kappa shape index (κ3) is 7.56. The average Bonchev–Trinajstić information content (AvgIpc) is 3.48. The molecule has 2 N–H and O–H groups in total. The molecule has 0 saturated carbocycles. The maximum absolute atomic E-state index is 13.8. The molecule has 12 nitrogen and oxygen atoms in total. The Hall–Kier alpha value is -4.08. The lowest BCUT2D eigenvalue weighted by molar-refractivity contribution is -0.190. The van der Waals surface area contributed by atoms with Crippen LogP contribution in [-0.2, 0) is 25.6 Å². The zero-order valence-corrected chi connectivity index (χ0v) is 23.2. The third-order valence-corrected chi connectivity index (χ3v) is 7.30. The minimum absolute atomic E-state index is 0.0515. The summed E-state index contributed by atoms with van der Waals surface area (Å²) in [6, 6.07) is 8.27.